The van der Waals surface area contributed by atoms with Crippen molar-refractivity contribution in [2.24, 2.45) is 5.41 Å². The molecule has 0 fully saturated rings. The van der Waals surface area contributed by atoms with Crippen LogP contribution >= 0.6 is 0 Å². The van der Waals surface area contributed by atoms with Gasteiger partial charge in [0, 0.05) is 28.9 Å². The lowest BCUT2D eigenvalue weighted by Crippen LogP contribution is -2.20. The molecule has 2 rings (SSSR count). The number of carbonyl (C=O) groups excluding carboxylic acids is 1. The topological polar surface area (TPSA) is 54.6 Å². The van der Waals surface area contributed by atoms with Gasteiger partial charge in [-0.25, -0.2) is 0 Å². The molecule has 0 aliphatic heterocycles. The molecule has 0 aliphatic carbocycles. The van der Waals surface area contributed by atoms with Gasteiger partial charge < -0.3 is 19.4 Å². The van der Waals surface area contributed by atoms with E-state index in [1.807, 2.05) is 53.1 Å². The first-order chi connectivity index (χ1) is 10.7. The molecule has 0 saturated heterocycles. The average Bonchev–Trinajstić information content (AvgIpc) is 2.86. The summed E-state index contributed by atoms with van der Waals surface area (Å²) in [6, 6.07) is 5.67. The fourth-order valence-corrected chi connectivity index (χ4v) is 2.28. The first-order valence-electron chi connectivity index (χ1n) is 7.75. The van der Waals surface area contributed by atoms with Gasteiger partial charge in [-0.15, -0.1) is 0 Å². The van der Waals surface area contributed by atoms with Gasteiger partial charge in [-0.05, 0) is 26.2 Å². The van der Waals surface area contributed by atoms with Crippen molar-refractivity contribution in [2.45, 2.75) is 20.8 Å². The summed E-state index contributed by atoms with van der Waals surface area (Å²) in [5, 5.41) is 0.943. The number of nitrogens with zero attached hydrogens (tertiary/aromatic N) is 1. The summed E-state index contributed by atoms with van der Waals surface area (Å²) < 4.78 is 11.2. The third-order valence-corrected chi connectivity index (χ3v) is 3.63. The van der Waals surface area contributed by atoms with Crippen molar-refractivity contribution in [1.29, 1.82) is 0 Å². The number of Topliss-reactive ketones (excluding diaryl/α,β-unsaturated/α-hetero) is 1. The van der Waals surface area contributed by atoms with Crippen LogP contribution in [0.2, 0.25) is 0 Å². The van der Waals surface area contributed by atoms with E-state index >= 15 is 0 Å². The highest BCUT2D eigenvalue weighted by molar-refractivity contribution is 6.02. The van der Waals surface area contributed by atoms with E-state index in [1.54, 1.807) is 7.11 Å². The highest BCUT2D eigenvalue weighted by Crippen LogP contribution is 2.33. The number of hydrogen-bond acceptors (Lipinski definition) is 4. The van der Waals surface area contributed by atoms with Gasteiger partial charge in [-0.1, -0.05) is 20.8 Å². The molecule has 126 valence electrons. The van der Waals surface area contributed by atoms with E-state index in [4.69, 9.17) is 9.47 Å². The normalized spacial score (nSPS) is 12.0. The maximum atomic E-state index is 12.4. The molecule has 1 aromatic carbocycles. The van der Waals surface area contributed by atoms with E-state index in [0.717, 1.165) is 17.4 Å². The van der Waals surface area contributed by atoms with E-state index in [1.165, 1.54) is 0 Å². The number of aromatic amines is 1. The van der Waals surface area contributed by atoms with Crippen molar-refractivity contribution in [2.75, 3.05) is 34.4 Å². The highest BCUT2D eigenvalue weighted by atomic mass is 16.5. The molecular formula is C18H26N2O3. The van der Waals surface area contributed by atoms with Crippen LogP contribution in [0, 0.1) is 5.41 Å². The molecule has 1 heterocycles. The molecule has 0 saturated carbocycles. The van der Waals surface area contributed by atoms with Crippen LogP contribution in [0.25, 0.3) is 10.9 Å². The number of likely N-dealkylation sites (N-methyl/N-ethyl adjacent to an activating group) is 1. The van der Waals surface area contributed by atoms with Gasteiger partial charge in [-0.3, -0.25) is 4.79 Å². The number of carbonyl (C=O) groups is 1. The number of rotatable bonds is 6. The molecule has 5 nitrogen and oxygen atoms in total. The molecular weight excluding hydrogens is 292 g/mol. The molecule has 1 N–H and O–H groups in total. The summed E-state index contributed by atoms with van der Waals surface area (Å²) in [6.45, 7) is 7.14. The predicted octanol–water partition coefficient (Wildman–Crippen LogP) is 3.35. The number of ether oxygens (including phenoxy) is 2. The lowest BCUT2D eigenvalue weighted by atomic mass is 9.89. The lowest BCUT2D eigenvalue weighted by Gasteiger charge is -2.14. The molecule has 0 amide bonds. The predicted molar refractivity (Wildman–Crippen MR) is 92.7 cm³/mol. The Kier molecular flexibility index (Phi) is 5.00. The fourth-order valence-electron chi connectivity index (χ4n) is 2.28. The van der Waals surface area contributed by atoms with Gasteiger partial charge in [0.15, 0.2) is 17.3 Å². The number of ketones is 1. The minimum Gasteiger partial charge on any atom is -0.493 e. The van der Waals surface area contributed by atoms with Crippen LogP contribution in [0.3, 0.4) is 0 Å². The summed E-state index contributed by atoms with van der Waals surface area (Å²) in [6.07, 6.45) is 0. The second-order valence-electron chi connectivity index (χ2n) is 7.00. The zero-order chi connectivity index (χ0) is 17.2. The summed E-state index contributed by atoms with van der Waals surface area (Å²) in [7, 11) is 5.62. The van der Waals surface area contributed by atoms with Crippen molar-refractivity contribution in [1.82, 2.24) is 9.88 Å². The van der Waals surface area contributed by atoms with Crippen LogP contribution in [0.5, 0.6) is 11.5 Å². The van der Waals surface area contributed by atoms with Crippen LogP contribution in [-0.4, -0.2) is 50.0 Å². The van der Waals surface area contributed by atoms with Crippen molar-refractivity contribution < 1.29 is 14.3 Å². The Hall–Kier alpha value is -2.01. The zero-order valence-corrected chi connectivity index (χ0v) is 14.8. The first kappa shape index (κ1) is 17.3. The second-order valence-corrected chi connectivity index (χ2v) is 7.00. The molecule has 0 aliphatic rings. The molecule has 0 unspecified atom stereocenters. The van der Waals surface area contributed by atoms with Gasteiger partial charge in [-0.2, -0.15) is 0 Å². The number of fused-ring (bicyclic) bond motifs is 1. The maximum Gasteiger partial charge on any atom is 0.184 e. The Labute approximate surface area is 137 Å². The molecule has 1 aromatic heterocycles. The van der Waals surface area contributed by atoms with E-state index in [-0.39, 0.29) is 5.78 Å². The second kappa shape index (κ2) is 6.62. The van der Waals surface area contributed by atoms with Gasteiger partial charge in [0.2, 0.25) is 0 Å². The van der Waals surface area contributed by atoms with E-state index in [0.29, 0.717) is 23.8 Å². The molecule has 23 heavy (non-hydrogen) atoms. The van der Waals surface area contributed by atoms with Crippen molar-refractivity contribution in [3.05, 3.63) is 23.9 Å². The minimum atomic E-state index is -0.421. The SMILES string of the molecule is COc1cc2[nH]c(C(=O)C(C)(C)C)cc2cc1OCCN(C)C. The smallest absolute Gasteiger partial charge is 0.184 e. The van der Waals surface area contributed by atoms with Gasteiger partial charge in [0.05, 0.1) is 12.8 Å². The van der Waals surface area contributed by atoms with Crippen molar-refractivity contribution in [3.63, 3.8) is 0 Å². The van der Waals surface area contributed by atoms with Gasteiger partial charge in [0.1, 0.15) is 6.61 Å². The van der Waals surface area contributed by atoms with Crippen LogP contribution in [0.1, 0.15) is 31.3 Å². The number of nitrogens with one attached hydrogen (secondary N) is 1. The quantitative estimate of drug-likeness (QED) is 0.830. The van der Waals surface area contributed by atoms with E-state index < -0.39 is 5.41 Å². The number of benzene rings is 1. The van der Waals surface area contributed by atoms with E-state index in [2.05, 4.69) is 9.88 Å². The summed E-state index contributed by atoms with van der Waals surface area (Å²) in [4.78, 5) is 17.7. The van der Waals surface area contributed by atoms with Crippen LogP contribution in [0.15, 0.2) is 18.2 Å². The third kappa shape index (κ3) is 4.05. The van der Waals surface area contributed by atoms with Crippen LogP contribution < -0.4 is 9.47 Å². The lowest BCUT2D eigenvalue weighted by molar-refractivity contribution is 0.0854. The Balaban J connectivity index is 2.33. The van der Waals surface area contributed by atoms with Crippen molar-refractivity contribution in [3.8, 4) is 11.5 Å². The number of methoxy groups -OCH3 is 1. The van der Waals surface area contributed by atoms with Crippen molar-refractivity contribution >= 4 is 16.7 Å². The Morgan fingerprint density at radius 1 is 1.17 bits per heavy atom. The number of H-pyrrole nitrogens is 1. The molecule has 0 atom stereocenters. The molecule has 0 radical (unpaired) electrons. The number of aromatic nitrogens is 1. The standard InChI is InChI=1S/C18H26N2O3/c1-18(2,3)17(21)14-9-12-10-16(23-8-7-20(4)5)15(22-6)11-13(12)19-14/h9-11,19H,7-8H2,1-6H3. The van der Waals surface area contributed by atoms with Gasteiger partial charge in [0.25, 0.3) is 0 Å². The largest absolute Gasteiger partial charge is 0.493 e. The number of hydrogen-bond donors (Lipinski definition) is 1. The monoisotopic (exact) mass is 318 g/mol. The molecule has 0 spiro atoms. The molecule has 2 aromatic rings. The summed E-state index contributed by atoms with van der Waals surface area (Å²) in [5.74, 6) is 1.44. The zero-order valence-electron chi connectivity index (χ0n) is 14.8. The minimum absolute atomic E-state index is 0.0859. The molecule has 5 heteroatoms. The van der Waals surface area contributed by atoms with Gasteiger partial charge >= 0.3 is 0 Å². The Bertz CT molecular complexity index is 696. The summed E-state index contributed by atoms with van der Waals surface area (Å²) in [5.41, 5.74) is 1.06. The van der Waals surface area contributed by atoms with Crippen LogP contribution in [0.4, 0.5) is 0 Å². The fraction of sp³-hybridized carbons (Fsp3) is 0.500. The average molecular weight is 318 g/mol. The van der Waals surface area contributed by atoms with E-state index in [9.17, 15) is 4.79 Å². The third-order valence-electron chi connectivity index (χ3n) is 3.63. The molecule has 0 bridgehead atoms. The Morgan fingerprint density at radius 2 is 1.87 bits per heavy atom. The highest BCUT2D eigenvalue weighted by Gasteiger charge is 2.24. The first-order valence-corrected chi connectivity index (χ1v) is 7.75. The maximum absolute atomic E-state index is 12.4. The van der Waals surface area contributed by atoms with Crippen LogP contribution in [-0.2, 0) is 0 Å². The Morgan fingerprint density at radius 3 is 2.43 bits per heavy atom. The summed E-state index contributed by atoms with van der Waals surface area (Å²) >= 11 is 0.